The molecule has 0 spiro atoms. The van der Waals surface area contributed by atoms with E-state index in [2.05, 4.69) is 53.8 Å². The summed E-state index contributed by atoms with van der Waals surface area (Å²) >= 11 is 0. The second-order valence-electron chi connectivity index (χ2n) is 5.76. The molecule has 1 fully saturated rings. The third kappa shape index (κ3) is 1.81. The van der Waals surface area contributed by atoms with Gasteiger partial charge in [-0.1, -0.05) is 61.4 Å². The Kier molecular flexibility index (Phi) is 2.66. The summed E-state index contributed by atoms with van der Waals surface area (Å²) in [5.74, 6) is 0. The van der Waals surface area contributed by atoms with Crippen LogP contribution in [0, 0.1) is 0 Å². The van der Waals surface area contributed by atoms with Crippen molar-refractivity contribution in [2.24, 2.45) is 0 Å². The quantitative estimate of drug-likeness (QED) is 0.837. The second-order valence-corrected chi connectivity index (χ2v) is 5.76. The second kappa shape index (κ2) is 4.50. The van der Waals surface area contributed by atoms with Crippen molar-refractivity contribution < 1.29 is 0 Å². The van der Waals surface area contributed by atoms with E-state index in [4.69, 9.17) is 0 Å². The van der Waals surface area contributed by atoms with E-state index in [0.717, 1.165) is 0 Å². The summed E-state index contributed by atoms with van der Waals surface area (Å²) in [6.07, 6.45) is 5.43. The van der Waals surface area contributed by atoms with Gasteiger partial charge in [0.05, 0.1) is 6.04 Å². The number of benzene rings is 2. The van der Waals surface area contributed by atoms with E-state index in [9.17, 15) is 0 Å². The first-order chi connectivity index (χ1) is 9.43. The molecule has 0 unspecified atom stereocenters. The van der Waals surface area contributed by atoms with Gasteiger partial charge in [-0.3, -0.25) is 0 Å². The third-order valence-corrected chi connectivity index (χ3v) is 4.59. The molecule has 19 heavy (non-hydrogen) atoms. The first-order valence-corrected chi connectivity index (χ1v) is 7.38. The molecule has 1 nitrogen and oxygen atoms in total. The van der Waals surface area contributed by atoms with Gasteiger partial charge in [0.15, 0.2) is 0 Å². The zero-order valence-corrected chi connectivity index (χ0v) is 11.1. The van der Waals surface area contributed by atoms with Crippen LogP contribution in [0.15, 0.2) is 48.5 Å². The van der Waals surface area contributed by atoms with Crippen molar-refractivity contribution in [3.8, 4) is 11.1 Å². The Morgan fingerprint density at radius 3 is 1.84 bits per heavy atom. The van der Waals surface area contributed by atoms with Gasteiger partial charge in [-0.25, -0.2) is 0 Å². The molecule has 2 aromatic rings. The van der Waals surface area contributed by atoms with E-state index in [0.29, 0.717) is 12.1 Å². The zero-order valence-electron chi connectivity index (χ0n) is 11.1. The van der Waals surface area contributed by atoms with Gasteiger partial charge in [-0.2, -0.15) is 0 Å². The average molecular weight is 249 g/mol. The van der Waals surface area contributed by atoms with Crippen LogP contribution in [0.5, 0.6) is 0 Å². The van der Waals surface area contributed by atoms with Crippen molar-refractivity contribution >= 4 is 0 Å². The number of rotatable bonds is 2. The van der Waals surface area contributed by atoms with Gasteiger partial charge in [-0.15, -0.1) is 0 Å². The van der Waals surface area contributed by atoms with Crippen molar-refractivity contribution in [3.63, 3.8) is 0 Å². The monoisotopic (exact) mass is 249 g/mol. The molecule has 0 saturated heterocycles. The largest absolute Gasteiger partial charge is 0.303 e. The van der Waals surface area contributed by atoms with Crippen LogP contribution in [0.25, 0.3) is 11.1 Å². The lowest BCUT2D eigenvalue weighted by atomic mass is 10.0. The average Bonchev–Trinajstić information content (AvgIpc) is 3.08. The maximum absolute atomic E-state index is 3.89. The normalized spacial score (nSPS) is 18.5. The van der Waals surface area contributed by atoms with E-state index in [-0.39, 0.29) is 0 Å². The number of nitrogens with one attached hydrogen (secondary N) is 1. The minimum Gasteiger partial charge on any atom is -0.303 e. The van der Waals surface area contributed by atoms with Crippen LogP contribution in [0.1, 0.15) is 42.9 Å². The predicted molar refractivity (Wildman–Crippen MR) is 79.1 cm³/mol. The Morgan fingerprint density at radius 2 is 1.26 bits per heavy atom. The Hall–Kier alpha value is -1.60. The summed E-state index contributed by atoms with van der Waals surface area (Å²) in [7, 11) is 0. The highest BCUT2D eigenvalue weighted by atomic mass is 15.0. The lowest BCUT2D eigenvalue weighted by molar-refractivity contribution is 0.484. The highest BCUT2D eigenvalue weighted by molar-refractivity contribution is 5.78. The van der Waals surface area contributed by atoms with E-state index in [1.165, 1.54) is 47.9 Å². The molecule has 0 aromatic heterocycles. The maximum Gasteiger partial charge on any atom is 0.0591 e. The third-order valence-electron chi connectivity index (χ3n) is 4.59. The predicted octanol–water partition coefficient (Wildman–Crippen LogP) is 4.29. The molecule has 96 valence electrons. The van der Waals surface area contributed by atoms with Crippen LogP contribution in [0.2, 0.25) is 0 Å². The molecule has 0 heterocycles. The Labute approximate surface area is 114 Å². The first kappa shape index (κ1) is 11.2. The molecule has 2 aliphatic carbocycles. The van der Waals surface area contributed by atoms with E-state index in [1.807, 2.05) is 0 Å². The van der Waals surface area contributed by atoms with Crippen molar-refractivity contribution in [2.75, 3.05) is 0 Å². The lowest BCUT2D eigenvalue weighted by Crippen LogP contribution is -2.30. The Balaban J connectivity index is 1.77. The topological polar surface area (TPSA) is 12.0 Å². The van der Waals surface area contributed by atoms with Crippen LogP contribution in [-0.2, 0) is 0 Å². The summed E-state index contributed by atoms with van der Waals surface area (Å²) in [5.41, 5.74) is 5.73. The fourth-order valence-corrected chi connectivity index (χ4v) is 3.66. The molecule has 0 bridgehead atoms. The molecule has 4 rings (SSSR count). The first-order valence-electron chi connectivity index (χ1n) is 7.38. The zero-order chi connectivity index (χ0) is 12.7. The van der Waals surface area contributed by atoms with E-state index in [1.54, 1.807) is 0 Å². The van der Waals surface area contributed by atoms with Crippen LogP contribution in [0.4, 0.5) is 0 Å². The summed E-state index contributed by atoms with van der Waals surface area (Å²) < 4.78 is 0. The van der Waals surface area contributed by atoms with Crippen LogP contribution in [-0.4, -0.2) is 6.04 Å². The van der Waals surface area contributed by atoms with Crippen LogP contribution < -0.4 is 5.32 Å². The minimum atomic E-state index is 0.399. The molecule has 0 amide bonds. The molecular weight excluding hydrogens is 230 g/mol. The molecule has 2 aromatic carbocycles. The van der Waals surface area contributed by atoms with Crippen molar-refractivity contribution in [2.45, 2.75) is 37.8 Å². The van der Waals surface area contributed by atoms with Gasteiger partial charge >= 0.3 is 0 Å². The molecule has 0 radical (unpaired) electrons. The highest BCUT2D eigenvalue weighted by Gasteiger charge is 2.30. The lowest BCUT2D eigenvalue weighted by Gasteiger charge is -2.20. The summed E-state index contributed by atoms with van der Waals surface area (Å²) in [4.78, 5) is 0. The molecule has 0 aliphatic heterocycles. The molecule has 0 atom stereocenters. The van der Waals surface area contributed by atoms with Gasteiger partial charge < -0.3 is 5.32 Å². The molecule has 1 heteroatoms. The molecule has 1 N–H and O–H groups in total. The van der Waals surface area contributed by atoms with Crippen molar-refractivity contribution in [3.05, 3.63) is 59.7 Å². The van der Waals surface area contributed by atoms with Crippen LogP contribution >= 0.6 is 0 Å². The van der Waals surface area contributed by atoms with Gasteiger partial charge in [0, 0.05) is 6.04 Å². The van der Waals surface area contributed by atoms with E-state index >= 15 is 0 Å². The fourth-order valence-electron chi connectivity index (χ4n) is 3.66. The smallest absolute Gasteiger partial charge is 0.0591 e. The Bertz CT molecular complexity index is 551. The van der Waals surface area contributed by atoms with E-state index < -0.39 is 0 Å². The maximum atomic E-state index is 3.89. The number of hydrogen-bond donors (Lipinski definition) is 1. The van der Waals surface area contributed by atoms with Crippen LogP contribution in [0.3, 0.4) is 0 Å². The van der Waals surface area contributed by atoms with Gasteiger partial charge in [0.25, 0.3) is 0 Å². The summed E-state index contributed by atoms with van der Waals surface area (Å²) in [6, 6.07) is 18.8. The highest BCUT2D eigenvalue weighted by Crippen LogP contribution is 2.43. The van der Waals surface area contributed by atoms with Gasteiger partial charge in [0.2, 0.25) is 0 Å². The Morgan fingerprint density at radius 1 is 0.737 bits per heavy atom. The van der Waals surface area contributed by atoms with Crippen molar-refractivity contribution in [1.82, 2.24) is 5.32 Å². The molecule has 1 saturated carbocycles. The number of fused-ring (bicyclic) bond motifs is 3. The molecule has 2 aliphatic rings. The SMILES string of the molecule is c1ccc2c(c1)-c1ccccc1C2NC1CCCC1. The van der Waals surface area contributed by atoms with Crippen molar-refractivity contribution in [1.29, 1.82) is 0 Å². The summed E-state index contributed by atoms with van der Waals surface area (Å²) in [5, 5.41) is 3.89. The summed E-state index contributed by atoms with van der Waals surface area (Å²) in [6.45, 7) is 0. The van der Waals surface area contributed by atoms with Gasteiger partial charge in [0.1, 0.15) is 0 Å². The number of hydrogen-bond acceptors (Lipinski definition) is 1. The fraction of sp³-hybridized carbons (Fsp3) is 0.333. The van der Waals surface area contributed by atoms with Gasteiger partial charge in [-0.05, 0) is 35.1 Å². The standard InChI is InChI=1S/C18H19N/c1-2-8-13(7-1)19-18-16-11-5-3-9-14(16)15-10-4-6-12-17(15)18/h3-6,9-13,18-19H,1-2,7-8H2. The minimum absolute atomic E-state index is 0.399. The molecular formula is C18H19N.